The van der Waals surface area contributed by atoms with Crippen molar-refractivity contribution in [2.75, 3.05) is 25.1 Å². The minimum absolute atomic E-state index is 0.0144. The molecular formula is C18H25N5O3. The summed E-state index contributed by atoms with van der Waals surface area (Å²) in [6, 6.07) is 2.21. The van der Waals surface area contributed by atoms with Crippen molar-refractivity contribution in [2.45, 2.75) is 50.2 Å². The summed E-state index contributed by atoms with van der Waals surface area (Å²) in [5, 5.41) is 25.7. The first kappa shape index (κ1) is 18.5. The third-order valence-corrected chi connectivity index (χ3v) is 5.26. The summed E-state index contributed by atoms with van der Waals surface area (Å²) in [6.45, 7) is 1.37. The van der Waals surface area contributed by atoms with E-state index in [1.807, 2.05) is 6.07 Å². The lowest BCUT2D eigenvalue weighted by atomic mass is 9.85. The number of aliphatic hydroxyl groups is 1. The summed E-state index contributed by atoms with van der Waals surface area (Å²) in [7, 11) is 0. The summed E-state index contributed by atoms with van der Waals surface area (Å²) >= 11 is 0. The highest BCUT2D eigenvalue weighted by Crippen LogP contribution is 2.27. The molecule has 2 fully saturated rings. The van der Waals surface area contributed by atoms with E-state index >= 15 is 0 Å². The molecule has 0 radical (unpaired) electrons. The van der Waals surface area contributed by atoms with Gasteiger partial charge >= 0.3 is 0 Å². The predicted molar refractivity (Wildman–Crippen MR) is 94.1 cm³/mol. The van der Waals surface area contributed by atoms with Crippen molar-refractivity contribution in [3.8, 4) is 6.07 Å². The zero-order valence-electron chi connectivity index (χ0n) is 14.8. The van der Waals surface area contributed by atoms with Crippen LogP contribution >= 0.6 is 0 Å². The molecule has 1 aliphatic carbocycles. The van der Waals surface area contributed by atoms with Crippen molar-refractivity contribution in [1.82, 2.24) is 15.3 Å². The first-order valence-corrected chi connectivity index (χ1v) is 9.15. The van der Waals surface area contributed by atoms with Crippen LogP contribution in [0.3, 0.4) is 0 Å². The van der Waals surface area contributed by atoms with E-state index in [9.17, 15) is 9.90 Å². The number of aromatic nitrogens is 2. The highest BCUT2D eigenvalue weighted by Gasteiger charge is 2.32. The molecule has 2 heterocycles. The molecule has 140 valence electrons. The van der Waals surface area contributed by atoms with Gasteiger partial charge in [-0.15, -0.1) is 0 Å². The van der Waals surface area contributed by atoms with E-state index in [0.717, 1.165) is 25.7 Å². The van der Waals surface area contributed by atoms with E-state index in [4.69, 9.17) is 10.00 Å². The summed E-state index contributed by atoms with van der Waals surface area (Å²) in [5.41, 5.74) is -0.552. The van der Waals surface area contributed by atoms with Gasteiger partial charge in [-0.3, -0.25) is 4.79 Å². The van der Waals surface area contributed by atoms with Crippen LogP contribution in [0.4, 0.5) is 5.82 Å². The Bertz CT molecular complexity index is 661. The number of hydrogen-bond donors (Lipinski definition) is 3. The molecule has 1 amide bonds. The van der Waals surface area contributed by atoms with E-state index < -0.39 is 5.60 Å². The third kappa shape index (κ3) is 4.68. The van der Waals surface area contributed by atoms with Gasteiger partial charge in [-0.1, -0.05) is 0 Å². The van der Waals surface area contributed by atoms with Crippen LogP contribution in [-0.2, 0) is 9.53 Å². The molecule has 26 heavy (non-hydrogen) atoms. The molecule has 1 aromatic rings. The van der Waals surface area contributed by atoms with Crippen LogP contribution in [0.2, 0.25) is 0 Å². The molecule has 3 rings (SSSR count). The molecule has 1 saturated carbocycles. The fourth-order valence-corrected chi connectivity index (χ4v) is 3.54. The Hall–Kier alpha value is -2.24. The molecule has 0 bridgehead atoms. The van der Waals surface area contributed by atoms with Crippen LogP contribution in [0.1, 0.15) is 44.2 Å². The van der Waals surface area contributed by atoms with Gasteiger partial charge in [0.25, 0.3) is 0 Å². The summed E-state index contributed by atoms with van der Waals surface area (Å²) in [4.78, 5) is 20.6. The van der Waals surface area contributed by atoms with Crippen molar-refractivity contribution >= 4 is 11.7 Å². The Morgan fingerprint density at radius 1 is 1.27 bits per heavy atom. The highest BCUT2D eigenvalue weighted by atomic mass is 16.5. The Balaban J connectivity index is 1.44. The topological polar surface area (TPSA) is 120 Å². The molecule has 8 nitrogen and oxygen atoms in total. The average molecular weight is 359 g/mol. The lowest BCUT2D eigenvalue weighted by molar-refractivity contribution is -0.128. The van der Waals surface area contributed by atoms with Crippen molar-refractivity contribution in [3.63, 3.8) is 0 Å². The van der Waals surface area contributed by atoms with Crippen molar-refractivity contribution in [3.05, 3.63) is 18.1 Å². The molecule has 0 atom stereocenters. The van der Waals surface area contributed by atoms with E-state index in [1.54, 1.807) is 6.20 Å². The van der Waals surface area contributed by atoms with E-state index in [2.05, 4.69) is 20.6 Å². The summed E-state index contributed by atoms with van der Waals surface area (Å²) < 4.78 is 5.26. The number of nitrogens with zero attached hydrogens (tertiary/aromatic N) is 3. The van der Waals surface area contributed by atoms with Crippen molar-refractivity contribution < 1.29 is 14.6 Å². The predicted octanol–water partition coefficient (Wildman–Crippen LogP) is 0.977. The Morgan fingerprint density at radius 2 is 1.96 bits per heavy atom. The van der Waals surface area contributed by atoms with Gasteiger partial charge in [0.1, 0.15) is 6.07 Å². The zero-order valence-corrected chi connectivity index (χ0v) is 14.8. The van der Waals surface area contributed by atoms with E-state index in [0.29, 0.717) is 38.4 Å². The number of anilines is 1. The number of amides is 1. The molecular weight excluding hydrogens is 334 g/mol. The molecule has 8 heteroatoms. The Kier molecular flexibility index (Phi) is 6.01. The standard InChI is InChI=1S/C18H25N5O3/c19-11-15-16(21-8-7-20-15)23-14-3-1-13(2-4-14)17(24)22-12-18(25)5-9-26-10-6-18/h7-8,13-14,25H,1-6,9-10,12H2,(H,21,23)(H,22,24). The molecule has 2 aliphatic rings. The fourth-order valence-electron chi connectivity index (χ4n) is 3.54. The quantitative estimate of drug-likeness (QED) is 0.716. The van der Waals surface area contributed by atoms with Crippen molar-refractivity contribution in [2.24, 2.45) is 5.92 Å². The van der Waals surface area contributed by atoms with Gasteiger partial charge in [-0.25, -0.2) is 9.97 Å². The Labute approximate surface area is 153 Å². The van der Waals surface area contributed by atoms with Gasteiger partial charge < -0.3 is 20.5 Å². The van der Waals surface area contributed by atoms with Crippen LogP contribution in [0.5, 0.6) is 0 Å². The molecule has 0 spiro atoms. The van der Waals surface area contributed by atoms with Crippen LogP contribution in [0.25, 0.3) is 0 Å². The lowest BCUT2D eigenvalue weighted by Crippen LogP contribution is -2.48. The number of rotatable bonds is 5. The van der Waals surface area contributed by atoms with Gasteiger partial charge in [0.15, 0.2) is 11.5 Å². The SMILES string of the molecule is N#Cc1nccnc1NC1CCC(C(=O)NCC2(O)CCOCC2)CC1. The van der Waals surface area contributed by atoms with E-state index in [1.165, 1.54) is 6.20 Å². The molecule has 1 aliphatic heterocycles. The van der Waals surface area contributed by atoms with E-state index in [-0.39, 0.29) is 23.6 Å². The first-order chi connectivity index (χ1) is 12.6. The van der Waals surface area contributed by atoms with Gasteiger partial charge in [-0.05, 0) is 25.7 Å². The highest BCUT2D eigenvalue weighted by molar-refractivity contribution is 5.78. The summed E-state index contributed by atoms with van der Waals surface area (Å²) in [5.74, 6) is 0.485. The van der Waals surface area contributed by atoms with Crippen LogP contribution in [0, 0.1) is 17.2 Å². The van der Waals surface area contributed by atoms with Crippen molar-refractivity contribution in [1.29, 1.82) is 5.26 Å². The molecule has 0 unspecified atom stereocenters. The molecule has 1 aromatic heterocycles. The van der Waals surface area contributed by atoms with Crippen LogP contribution in [0.15, 0.2) is 12.4 Å². The zero-order chi connectivity index (χ0) is 18.4. The third-order valence-electron chi connectivity index (χ3n) is 5.26. The lowest BCUT2D eigenvalue weighted by Gasteiger charge is -2.33. The second kappa shape index (κ2) is 8.43. The van der Waals surface area contributed by atoms with Crippen LogP contribution < -0.4 is 10.6 Å². The average Bonchev–Trinajstić information content (AvgIpc) is 2.68. The smallest absolute Gasteiger partial charge is 0.223 e. The maximum atomic E-state index is 12.4. The number of carbonyl (C=O) groups is 1. The number of ether oxygens (including phenoxy) is 1. The number of hydrogen-bond acceptors (Lipinski definition) is 7. The molecule has 3 N–H and O–H groups in total. The summed E-state index contributed by atoms with van der Waals surface area (Å²) in [6.07, 6.45) is 7.38. The number of nitrogens with one attached hydrogen (secondary N) is 2. The van der Waals surface area contributed by atoms with Gasteiger partial charge in [0, 0.05) is 57.0 Å². The maximum Gasteiger partial charge on any atom is 0.223 e. The first-order valence-electron chi connectivity index (χ1n) is 9.15. The maximum absolute atomic E-state index is 12.4. The monoisotopic (exact) mass is 359 g/mol. The second-order valence-corrected chi connectivity index (χ2v) is 7.11. The van der Waals surface area contributed by atoms with Gasteiger partial charge in [0.2, 0.25) is 5.91 Å². The van der Waals surface area contributed by atoms with Gasteiger partial charge in [-0.2, -0.15) is 5.26 Å². The minimum atomic E-state index is -0.841. The molecule has 0 aromatic carbocycles. The second-order valence-electron chi connectivity index (χ2n) is 7.11. The normalized spacial score (nSPS) is 25.1. The Morgan fingerprint density at radius 3 is 2.65 bits per heavy atom. The van der Waals surface area contributed by atoms with Crippen LogP contribution in [-0.4, -0.2) is 52.4 Å². The van der Waals surface area contributed by atoms with Gasteiger partial charge in [0.05, 0.1) is 5.60 Å². The fraction of sp³-hybridized carbons (Fsp3) is 0.667. The number of carbonyl (C=O) groups excluding carboxylic acids is 1. The molecule has 1 saturated heterocycles. The largest absolute Gasteiger partial charge is 0.388 e. The minimum Gasteiger partial charge on any atom is -0.388 e. The number of nitriles is 1.